The van der Waals surface area contributed by atoms with Crippen LogP contribution in [0.25, 0.3) is 17.5 Å². The van der Waals surface area contributed by atoms with Crippen molar-refractivity contribution in [3.05, 3.63) is 65.9 Å². The van der Waals surface area contributed by atoms with Crippen molar-refractivity contribution in [1.29, 1.82) is 0 Å². The van der Waals surface area contributed by atoms with Crippen LogP contribution in [0.1, 0.15) is 15.9 Å². The second-order valence-electron chi connectivity index (χ2n) is 8.82. The quantitative estimate of drug-likeness (QED) is 0.591. The molecular formula is C27H27N6O3. The van der Waals surface area contributed by atoms with Gasteiger partial charge in [-0.3, -0.25) is 4.79 Å². The van der Waals surface area contributed by atoms with Gasteiger partial charge in [0.05, 0.1) is 43.4 Å². The molecular weight excluding hydrogens is 456 g/mol. The number of carbonyl (C=O) groups is 1. The first-order valence-electron chi connectivity index (χ1n) is 12.2. The van der Waals surface area contributed by atoms with Crippen LogP contribution in [-0.4, -0.2) is 68.5 Å². The topological polar surface area (TPSA) is 93.9 Å². The van der Waals surface area contributed by atoms with Crippen LogP contribution in [0.4, 0.5) is 23.0 Å². The van der Waals surface area contributed by atoms with Crippen molar-refractivity contribution < 1.29 is 14.3 Å². The molecule has 0 bridgehead atoms. The van der Waals surface area contributed by atoms with E-state index >= 15 is 0 Å². The number of aromatic nitrogens is 2. The minimum atomic E-state index is -0.311. The second-order valence-corrected chi connectivity index (χ2v) is 8.82. The molecule has 2 aromatic heterocycles. The molecule has 0 aliphatic carbocycles. The van der Waals surface area contributed by atoms with Gasteiger partial charge in [-0.2, -0.15) is 0 Å². The van der Waals surface area contributed by atoms with E-state index in [2.05, 4.69) is 32.6 Å². The monoisotopic (exact) mass is 483 g/mol. The predicted molar refractivity (Wildman–Crippen MR) is 139 cm³/mol. The highest BCUT2D eigenvalue weighted by Crippen LogP contribution is 2.31. The minimum Gasteiger partial charge on any atom is -0.378 e. The Morgan fingerprint density at radius 1 is 0.806 bits per heavy atom. The lowest BCUT2D eigenvalue weighted by Gasteiger charge is -2.29. The highest BCUT2D eigenvalue weighted by atomic mass is 16.5. The Balaban J connectivity index is 1.32. The van der Waals surface area contributed by atoms with Crippen molar-refractivity contribution in [2.24, 2.45) is 0 Å². The number of fused-ring (bicyclic) bond motifs is 1. The third kappa shape index (κ3) is 4.62. The molecule has 3 aliphatic heterocycles. The van der Waals surface area contributed by atoms with Crippen molar-refractivity contribution in [1.82, 2.24) is 15.3 Å². The molecule has 1 amide bonds. The van der Waals surface area contributed by atoms with Crippen LogP contribution in [0, 0.1) is 0 Å². The van der Waals surface area contributed by atoms with Gasteiger partial charge in [-0.05, 0) is 54.1 Å². The van der Waals surface area contributed by atoms with Crippen LogP contribution in [0.15, 0.2) is 54.7 Å². The Labute approximate surface area is 209 Å². The fraction of sp³-hybridized carbons (Fsp3) is 0.296. The smallest absolute Gasteiger partial charge is 0.281 e. The number of morpholine rings is 2. The lowest BCUT2D eigenvalue weighted by Crippen LogP contribution is -2.36. The van der Waals surface area contributed by atoms with Gasteiger partial charge in [-0.1, -0.05) is 6.07 Å². The average molecular weight is 484 g/mol. The average Bonchev–Trinajstić information content (AvgIpc) is 2.94. The summed E-state index contributed by atoms with van der Waals surface area (Å²) < 4.78 is 10.9. The van der Waals surface area contributed by atoms with Crippen LogP contribution in [0.5, 0.6) is 0 Å². The zero-order valence-electron chi connectivity index (χ0n) is 19.9. The Morgan fingerprint density at radius 2 is 1.53 bits per heavy atom. The van der Waals surface area contributed by atoms with Crippen molar-refractivity contribution >= 4 is 35.0 Å². The number of benzene rings is 1. The molecule has 3 aromatic rings. The van der Waals surface area contributed by atoms with Gasteiger partial charge in [-0.25, -0.2) is 15.3 Å². The molecule has 0 spiro atoms. The number of anilines is 4. The highest BCUT2D eigenvalue weighted by Gasteiger charge is 2.23. The third-order valence-corrected chi connectivity index (χ3v) is 6.55. The number of ether oxygens (including phenoxy) is 2. The molecule has 1 radical (unpaired) electrons. The zero-order valence-corrected chi connectivity index (χ0v) is 19.9. The van der Waals surface area contributed by atoms with E-state index in [-0.39, 0.29) is 5.91 Å². The molecule has 0 unspecified atom stereocenters. The van der Waals surface area contributed by atoms with E-state index in [0.717, 1.165) is 67.8 Å². The summed E-state index contributed by atoms with van der Waals surface area (Å²) in [7, 11) is 0. The van der Waals surface area contributed by atoms with Crippen LogP contribution in [-0.2, 0) is 9.47 Å². The molecule has 5 heterocycles. The molecule has 0 saturated carbocycles. The maximum Gasteiger partial charge on any atom is 0.281 e. The van der Waals surface area contributed by atoms with Gasteiger partial charge in [-0.15, -0.1) is 0 Å². The molecule has 2 saturated heterocycles. The number of nitrogens with one attached hydrogen (secondary N) is 1. The fourth-order valence-corrected chi connectivity index (χ4v) is 4.64. The van der Waals surface area contributed by atoms with E-state index in [1.165, 1.54) is 6.20 Å². The number of hydrogen-bond donors (Lipinski definition) is 1. The zero-order chi connectivity index (χ0) is 24.3. The highest BCUT2D eigenvalue weighted by molar-refractivity contribution is 6.05. The maximum atomic E-state index is 12.7. The molecule has 9 nitrogen and oxygen atoms in total. The molecule has 3 aliphatic rings. The summed E-state index contributed by atoms with van der Waals surface area (Å²) in [5.41, 5.74) is 4.65. The fourth-order valence-electron chi connectivity index (χ4n) is 4.64. The van der Waals surface area contributed by atoms with Gasteiger partial charge in [0.2, 0.25) is 0 Å². The Morgan fingerprint density at radius 3 is 2.28 bits per heavy atom. The minimum absolute atomic E-state index is 0.311. The summed E-state index contributed by atoms with van der Waals surface area (Å²) in [6, 6.07) is 16.0. The summed E-state index contributed by atoms with van der Waals surface area (Å²) in [6.07, 6.45) is 3.37. The molecule has 6 rings (SSSR count). The van der Waals surface area contributed by atoms with Crippen molar-refractivity contribution in [2.75, 3.05) is 67.7 Å². The molecule has 2 fully saturated rings. The second kappa shape index (κ2) is 9.96. The summed E-state index contributed by atoms with van der Waals surface area (Å²) >= 11 is 0. The predicted octanol–water partition coefficient (Wildman–Crippen LogP) is 3.29. The first-order valence-corrected chi connectivity index (χ1v) is 12.2. The Hall–Kier alpha value is -3.95. The standard InChI is InChI=1S/C27H27N6O3/c34-27-25-19(8-9-28-27)18-23(22-2-1-3-24(30-22)33-12-16-36-17-13-33)31-26(25)29-20-4-6-21(7-5-20)32-10-14-35-15-11-32/h1-9,18H,10-17H2,(H,29,31). The molecule has 1 aromatic carbocycles. The summed E-state index contributed by atoms with van der Waals surface area (Å²) in [4.78, 5) is 26.9. The number of carbonyl (C=O) groups excluding carboxylic acids is 1. The Kier molecular flexibility index (Phi) is 6.23. The van der Waals surface area contributed by atoms with E-state index in [9.17, 15) is 4.79 Å². The van der Waals surface area contributed by atoms with Gasteiger partial charge in [0.25, 0.3) is 5.91 Å². The third-order valence-electron chi connectivity index (χ3n) is 6.55. The number of amides is 1. The first kappa shape index (κ1) is 22.5. The maximum absolute atomic E-state index is 12.7. The lowest BCUT2D eigenvalue weighted by atomic mass is 10.0. The first-order chi connectivity index (χ1) is 17.7. The molecule has 1 N–H and O–H groups in total. The number of nitrogens with zero attached hydrogens (tertiary/aromatic N) is 5. The molecule has 36 heavy (non-hydrogen) atoms. The van der Waals surface area contributed by atoms with Gasteiger partial charge in [0, 0.05) is 43.8 Å². The van der Waals surface area contributed by atoms with Crippen LogP contribution < -0.4 is 20.4 Å². The normalized spacial score (nSPS) is 17.5. The van der Waals surface area contributed by atoms with E-state index < -0.39 is 0 Å². The Bertz CT molecular complexity index is 1280. The number of hydrogen-bond acceptors (Lipinski definition) is 8. The SMILES string of the molecule is O=C1[N]C=Cc2cc(-c3cccc(N4CCOCC4)n3)nc(Nc3ccc(N4CCOCC4)cc3)c21. The van der Waals surface area contributed by atoms with Crippen LogP contribution in [0.3, 0.4) is 0 Å². The van der Waals surface area contributed by atoms with E-state index in [4.69, 9.17) is 19.4 Å². The molecule has 9 heteroatoms. The van der Waals surface area contributed by atoms with Crippen LogP contribution in [0.2, 0.25) is 0 Å². The largest absolute Gasteiger partial charge is 0.378 e. The molecule has 0 atom stereocenters. The summed E-state index contributed by atoms with van der Waals surface area (Å²) in [5, 5.41) is 7.33. The summed E-state index contributed by atoms with van der Waals surface area (Å²) in [5.74, 6) is 1.05. The number of rotatable bonds is 5. The van der Waals surface area contributed by atoms with Crippen molar-refractivity contribution in [2.45, 2.75) is 0 Å². The van der Waals surface area contributed by atoms with Gasteiger partial charge < -0.3 is 24.6 Å². The van der Waals surface area contributed by atoms with Crippen molar-refractivity contribution in [3.63, 3.8) is 0 Å². The van der Waals surface area contributed by atoms with Gasteiger partial charge >= 0.3 is 0 Å². The van der Waals surface area contributed by atoms with Gasteiger partial charge in [0.15, 0.2) is 0 Å². The van der Waals surface area contributed by atoms with Crippen molar-refractivity contribution in [3.8, 4) is 11.4 Å². The van der Waals surface area contributed by atoms with Gasteiger partial charge in [0.1, 0.15) is 11.6 Å². The van der Waals surface area contributed by atoms with Crippen LogP contribution >= 0.6 is 0 Å². The lowest BCUT2D eigenvalue weighted by molar-refractivity contribution is 0.0965. The van der Waals surface area contributed by atoms with E-state index in [1.807, 2.05) is 42.5 Å². The van der Waals surface area contributed by atoms with E-state index in [1.54, 1.807) is 0 Å². The van der Waals surface area contributed by atoms with E-state index in [0.29, 0.717) is 30.3 Å². The number of pyridine rings is 2. The molecule has 183 valence electrons. The summed E-state index contributed by atoms with van der Waals surface area (Å²) in [6.45, 7) is 6.23.